The molecule has 0 aliphatic carbocycles. The van der Waals surface area contributed by atoms with Crippen LogP contribution >= 0.6 is 11.6 Å². The van der Waals surface area contributed by atoms with Crippen molar-refractivity contribution >= 4 is 29.2 Å². The quantitative estimate of drug-likeness (QED) is 0.814. The van der Waals surface area contributed by atoms with E-state index in [1.165, 1.54) is 18.2 Å². The lowest BCUT2D eigenvalue weighted by Crippen LogP contribution is -2.12. The number of carbonyl (C=O) groups is 2. The highest BCUT2D eigenvalue weighted by Crippen LogP contribution is 2.21. The van der Waals surface area contributed by atoms with Crippen LogP contribution in [0.5, 0.6) is 0 Å². The zero-order chi connectivity index (χ0) is 13.0. The third-order valence-electron chi connectivity index (χ3n) is 2.25. The Morgan fingerprint density at radius 1 is 1.41 bits per heavy atom. The molecule has 0 unspecified atom stereocenters. The summed E-state index contributed by atoms with van der Waals surface area (Å²) in [6.07, 6.45) is 1.68. The van der Waals surface area contributed by atoms with Gasteiger partial charge in [0.2, 0.25) is 0 Å². The molecule has 0 aliphatic rings. The number of anilines is 1. The van der Waals surface area contributed by atoms with E-state index in [1.807, 2.05) is 0 Å². The Balaban J connectivity index is 2.92. The molecular formula is C12H12ClNO3. The number of carboxylic acids is 1. The number of aromatic carboxylic acids is 1. The Morgan fingerprint density at radius 3 is 2.53 bits per heavy atom. The second-order valence-electron chi connectivity index (χ2n) is 3.43. The van der Waals surface area contributed by atoms with Crippen molar-refractivity contribution in [2.45, 2.75) is 13.8 Å². The number of benzene rings is 1. The van der Waals surface area contributed by atoms with E-state index in [-0.39, 0.29) is 16.5 Å². The minimum atomic E-state index is -1.10. The van der Waals surface area contributed by atoms with Crippen molar-refractivity contribution in [2.75, 3.05) is 5.32 Å². The summed E-state index contributed by atoms with van der Waals surface area (Å²) in [7, 11) is 0. The van der Waals surface area contributed by atoms with Crippen LogP contribution < -0.4 is 5.32 Å². The van der Waals surface area contributed by atoms with Gasteiger partial charge in [0.1, 0.15) is 0 Å². The van der Waals surface area contributed by atoms with Crippen molar-refractivity contribution in [3.63, 3.8) is 0 Å². The lowest BCUT2D eigenvalue weighted by Gasteiger charge is -2.06. The molecule has 1 rings (SSSR count). The van der Waals surface area contributed by atoms with Gasteiger partial charge in [-0.05, 0) is 32.0 Å². The van der Waals surface area contributed by atoms with E-state index >= 15 is 0 Å². The van der Waals surface area contributed by atoms with Gasteiger partial charge in [-0.3, -0.25) is 4.79 Å². The Hall–Kier alpha value is -1.81. The second-order valence-corrected chi connectivity index (χ2v) is 3.83. The summed E-state index contributed by atoms with van der Waals surface area (Å²) in [5.74, 6) is -1.34. The fraction of sp³-hybridized carbons (Fsp3) is 0.167. The zero-order valence-corrected chi connectivity index (χ0v) is 10.2. The standard InChI is InChI=1S/C12H12ClNO3/c1-3-7(2)11(15)14-8-4-5-9(12(16)17)10(13)6-8/h3-6H,1-2H3,(H,14,15)(H,16,17)/b7-3+. The number of nitrogens with one attached hydrogen (secondary N) is 1. The summed E-state index contributed by atoms with van der Waals surface area (Å²) >= 11 is 5.77. The smallest absolute Gasteiger partial charge is 0.337 e. The summed E-state index contributed by atoms with van der Waals surface area (Å²) in [4.78, 5) is 22.3. The number of hydrogen-bond acceptors (Lipinski definition) is 2. The van der Waals surface area contributed by atoms with Gasteiger partial charge in [-0.1, -0.05) is 17.7 Å². The largest absolute Gasteiger partial charge is 0.478 e. The number of halogens is 1. The van der Waals surface area contributed by atoms with E-state index in [1.54, 1.807) is 19.9 Å². The summed E-state index contributed by atoms with van der Waals surface area (Å²) in [6.45, 7) is 3.44. The summed E-state index contributed by atoms with van der Waals surface area (Å²) < 4.78 is 0. The van der Waals surface area contributed by atoms with Gasteiger partial charge in [-0.15, -0.1) is 0 Å². The SMILES string of the molecule is C/C=C(\C)C(=O)Nc1ccc(C(=O)O)c(Cl)c1. The summed E-state index contributed by atoms with van der Waals surface area (Å²) in [6, 6.07) is 4.26. The first-order valence-electron chi connectivity index (χ1n) is 4.92. The Labute approximate surface area is 104 Å². The first-order chi connectivity index (χ1) is 7.95. The van der Waals surface area contributed by atoms with E-state index in [0.717, 1.165) is 0 Å². The minimum absolute atomic E-state index is 0.00687. The fourth-order valence-corrected chi connectivity index (χ4v) is 1.39. The lowest BCUT2D eigenvalue weighted by molar-refractivity contribution is -0.112. The average Bonchev–Trinajstić information content (AvgIpc) is 2.27. The Bertz CT molecular complexity index is 495. The van der Waals surface area contributed by atoms with E-state index in [0.29, 0.717) is 11.3 Å². The molecule has 4 nitrogen and oxygen atoms in total. The van der Waals surface area contributed by atoms with Crippen LogP contribution in [0.1, 0.15) is 24.2 Å². The van der Waals surface area contributed by atoms with Crippen LogP contribution in [0.25, 0.3) is 0 Å². The van der Waals surface area contributed by atoms with Crippen molar-refractivity contribution < 1.29 is 14.7 Å². The second kappa shape index (κ2) is 5.50. The average molecular weight is 254 g/mol. The first kappa shape index (κ1) is 13.3. The van der Waals surface area contributed by atoms with E-state index < -0.39 is 5.97 Å². The normalized spacial score (nSPS) is 11.1. The molecule has 1 aromatic carbocycles. The van der Waals surface area contributed by atoms with Gasteiger partial charge in [-0.2, -0.15) is 0 Å². The topological polar surface area (TPSA) is 66.4 Å². The third-order valence-corrected chi connectivity index (χ3v) is 2.56. The molecule has 5 heteroatoms. The molecule has 1 amide bonds. The molecule has 17 heavy (non-hydrogen) atoms. The molecular weight excluding hydrogens is 242 g/mol. The molecule has 0 fully saturated rings. The van der Waals surface area contributed by atoms with Gasteiger partial charge in [-0.25, -0.2) is 4.79 Å². The third kappa shape index (κ3) is 3.32. The molecule has 2 N–H and O–H groups in total. The minimum Gasteiger partial charge on any atom is -0.478 e. The molecule has 0 heterocycles. The van der Waals surface area contributed by atoms with Crippen molar-refractivity contribution in [1.29, 1.82) is 0 Å². The fourth-order valence-electron chi connectivity index (χ4n) is 1.13. The van der Waals surface area contributed by atoms with Crippen molar-refractivity contribution in [2.24, 2.45) is 0 Å². The van der Waals surface area contributed by atoms with Crippen LogP contribution in [0.2, 0.25) is 5.02 Å². The number of carbonyl (C=O) groups excluding carboxylic acids is 1. The van der Waals surface area contributed by atoms with Crippen molar-refractivity contribution in [1.82, 2.24) is 0 Å². The van der Waals surface area contributed by atoms with E-state index in [9.17, 15) is 9.59 Å². The van der Waals surface area contributed by atoms with Crippen LogP contribution in [0, 0.1) is 0 Å². The molecule has 90 valence electrons. The molecule has 0 radical (unpaired) electrons. The zero-order valence-electron chi connectivity index (χ0n) is 9.45. The van der Waals surface area contributed by atoms with Gasteiger partial charge in [0.25, 0.3) is 5.91 Å². The highest BCUT2D eigenvalue weighted by atomic mass is 35.5. The summed E-state index contributed by atoms with van der Waals surface area (Å²) in [5.41, 5.74) is 1.04. The van der Waals surface area contributed by atoms with Gasteiger partial charge < -0.3 is 10.4 Å². The lowest BCUT2D eigenvalue weighted by atomic mass is 10.2. The number of allylic oxidation sites excluding steroid dienone is 1. The van der Waals surface area contributed by atoms with Gasteiger partial charge in [0.05, 0.1) is 10.6 Å². The Morgan fingerprint density at radius 2 is 2.06 bits per heavy atom. The molecule has 0 bridgehead atoms. The van der Waals surface area contributed by atoms with Gasteiger partial charge >= 0.3 is 5.97 Å². The number of carboxylic acid groups (broad SMARTS) is 1. The molecule has 0 saturated carbocycles. The number of hydrogen-bond donors (Lipinski definition) is 2. The van der Waals surface area contributed by atoms with E-state index in [2.05, 4.69) is 5.32 Å². The molecule has 0 spiro atoms. The van der Waals surface area contributed by atoms with Crippen LogP contribution in [-0.2, 0) is 4.79 Å². The maximum atomic E-state index is 11.5. The highest BCUT2D eigenvalue weighted by molar-refractivity contribution is 6.33. The van der Waals surface area contributed by atoms with Crippen LogP contribution in [0.3, 0.4) is 0 Å². The Kier molecular flexibility index (Phi) is 4.29. The van der Waals surface area contributed by atoms with Gasteiger partial charge in [0, 0.05) is 11.3 Å². The maximum Gasteiger partial charge on any atom is 0.337 e. The molecule has 0 atom stereocenters. The van der Waals surface area contributed by atoms with Crippen LogP contribution in [0.15, 0.2) is 29.8 Å². The highest BCUT2D eigenvalue weighted by Gasteiger charge is 2.10. The predicted octanol–water partition coefficient (Wildman–Crippen LogP) is 2.94. The van der Waals surface area contributed by atoms with Crippen LogP contribution in [-0.4, -0.2) is 17.0 Å². The maximum absolute atomic E-state index is 11.5. The van der Waals surface area contributed by atoms with Gasteiger partial charge in [0.15, 0.2) is 0 Å². The van der Waals surface area contributed by atoms with Crippen molar-refractivity contribution in [3.8, 4) is 0 Å². The predicted molar refractivity (Wildman–Crippen MR) is 66.5 cm³/mol. The molecule has 0 aromatic heterocycles. The monoisotopic (exact) mass is 253 g/mol. The molecule has 1 aromatic rings. The molecule has 0 saturated heterocycles. The number of amides is 1. The number of rotatable bonds is 3. The molecule has 0 aliphatic heterocycles. The van der Waals surface area contributed by atoms with Crippen LogP contribution in [0.4, 0.5) is 5.69 Å². The van der Waals surface area contributed by atoms with E-state index in [4.69, 9.17) is 16.7 Å². The van der Waals surface area contributed by atoms with Crippen molar-refractivity contribution in [3.05, 3.63) is 40.4 Å². The first-order valence-corrected chi connectivity index (χ1v) is 5.30. The summed E-state index contributed by atoms with van der Waals surface area (Å²) in [5, 5.41) is 11.5.